The summed E-state index contributed by atoms with van der Waals surface area (Å²) < 4.78 is 36.3. The van der Waals surface area contributed by atoms with Gasteiger partial charge in [-0.1, -0.05) is 39.0 Å². The highest BCUT2D eigenvalue weighted by Crippen LogP contribution is 2.47. The van der Waals surface area contributed by atoms with Crippen molar-refractivity contribution in [1.82, 2.24) is 4.98 Å². The highest BCUT2D eigenvalue weighted by atomic mass is 32.2. The molecule has 0 saturated carbocycles. The monoisotopic (exact) mass is 404 g/mol. The lowest BCUT2D eigenvalue weighted by molar-refractivity contribution is 0.391. The van der Waals surface area contributed by atoms with Gasteiger partial charge in [0.1, 0.15) is 0 Å². The topological polar surface area (TPSA) is 68.7 Å². The molecule has 3 rings (SSSR count). The van der Waals surface area contributed by atoms with Gasteiger partial charge in [-0.3, -0.25) is 4.98 Å². The Morgan fingerprint density at radius 2 is 1.89 bits per heavy atom. The number of pyridine rings is 1. The van der Waals surface area contributed by atoms with E-state index in [9.17, 15) is 8.42 Å². The van der Waals surface area contributed by atoms with Crippen LogP contribution in [-0.4, -0.2) is 33.3 Å². The maximum Gasteiger partial charge on any atom is 0.309 e. The molecular formula is C21H28N2O4S. The maximum atomic E-state index is 12.6. The predicted octanol–water partition coefficient (Wildman–Crippen LogP) is 4.73. The van der Waals surface area contributed by atoms with Gasteiger partial charge in [0.05, 0.1) is 24.2 Å². The SMILES string of the molecule is CCCCCCCCS(=O)(=O)Oc1c(OC)cc2ccnc3c2c1N(C)C=C3. The molecule has 0 amide bonds. The molecule has 2 heterocycles. The third-order valence-electron chi connectivity index (χ3n) is 4.96. The third kappa shape index (κ3) is 4.41. The van der Waals surface area contributed by atoms with Crippen LogP contribution in [0.2, 0.25) is 0 Å². The molecule has 7 heteroatoms. The van der Waals surface area contributed by atoms with Crippen LogP contribution >= 0.6 is 0 Å². The van der Waals surface area contributed by atoms with E-state index in [-0.39, 0.29) is 11.5 Å². The average molecular weight is 405 g/mol. The third-order valence-corrected chi connectivity index (χ3v) is 6.17. The van der Waals surface area contributed by atoms with E-state index in [1.54, 1.807) is 12.3 Å². The highest BCUT2D eigenvalue weighted by molar-refractivity contribution is 7.87. The minimum atomic E-state index is -3.72. The lowest BCUT2D eigenvalue weighted by Gasteiger charge is -2.25. The Labute approximate surface area is 167 Å². The zero-order chi connectivity index (χ0) is 20.1. The molecule has 0 radical (unpaired) electrons. The Kier molecular flexibility index (Phi) is 6.44. The van der Waals surface area contributed by atoms with Crippen LogP contribution in [-0.2, 0) is 10.1 Å². The molecule has 152 valence electrons. The van der Waals surface area contributed by atoms with Crippen LogP contribution in [0.15, 0.2) is 24.5 Å². The number of benzene rings is 1. The molecule has 1 aromatic carbocycles. The number of methoxy groups -OCH3 is 1. The van der Waals surface area contributed by atoms with Gasteiger partial charge in [-0.2, -0.15) is 8.42 Å². The molecule has 1 aromatic heterocycles. The van der Waals surface area contributed by atoms with Crippen LogP contribution in [0.1, 0.15) is 51.1 Å². The van der Waals surface area contributed by atoms with Gasteiger partial charge < -0.3 is 13.8 Å². The molecule has 0 atom stereocenters. The fourth-order valence-electron chi connectivity index (χ4n) is 3.49. The van der Waals surface area contributed by atoms with E-state index in [0.717, 1.165) is 35.7 Å². The molecule has 0 bridgehead atoms. The van der Waals surface area contributed by atoms with E-state index >= 15 is 0 Å². The smallest absolute Gasteiger partial charge is 0.309 e. The first kappa shape index (κ1) is 20.5. The Bertz CT molecular complexity index is 970. The summed E-state index contributed by atoms with van der Waals surface area (Å²) >= 11 is 0. The molecule has 0 saturated heterocycles. The number of aromatic nitrogens is 1. The van der Waals surface area contributed by atoms with E-state index in [2.05, 4.69) is 11.9 Å². The highest BCUT2D eigenvalue weighted by Gasteiger charge is 2.26. The lowest BCUT2D eigenvalue weighted by atomic mass is 10.0. The summed E-state index contributed by atoms with van der Waals surface area (Å²) in [6.45, 7) is 2.16. The van der Waals surface area contributed by atoms with Gasteiger partial charge in [-0.25, -0.2) is 0 Å². The molecule has 0 unspecified atom stereocenters. The fourth-order valence-corrected chi connectivity index (χ4v) is 4.54. The summed E-state index contributed by atoms with van der Waals surface area (Å²) in [5.41, 5.74) is 1.44. The zero-order valence-corrected chi connectivity index (χ0v) is 17.6. The summed E-state index contributed by atoms with van der Waals surface area (Å²) in [5.74, 6) is 0.620. The summed E-state index contributed by atoms with van der Waals surface area (Å²) in [4.78, 5) is 6.23. The zero-order valence-electron chi connectivity index (χ0n) is 16.8. The quantitative estimate of drug-likeness (QED) is 0.421. The molecule has 0 fully saturated rings. The second kappa shape index (κ2) is 8.82. The molecule has 0 spiro atoms. The lowest BCUT2D eigenvalue weighted by Crippen LogP contribution is -2.19. The normalized spacial score (nSPS) is 13.2. The van der Waals surface area contributed by atoms with Crippen LogP contribution in [0, 0.1) is 0 Å². The van der Waals surface area contributed by atoms with E-state index in [1.165, 1.54) is 20.0 Å². The van der Waals surface area contributed by atoms with Crippen molar-refractivity contribution in [2.45, 2.75) is 45.4 Å². The minimum absolute atomic E-state index is 0.000787. The van der Waals surface area contributed by atoms with Gasteiger partial charge in [0.15, 0.2) is 5.75 Å². The molecule has 28 heavy (non-hydrogen) atoms. The Morgan fingerprint density at radius 3 is 2.64 bits per heavy atom. The first-order chi connectivity index (χ1) is 13.5. The summed E-state index contributed by atoms with van der Waals surface area (Å²) in [5, 5.41) is 1.78. The number of ether oxygens (including phenoxy) is 1. The van der Waals surface area contributed by atoms with E-state index in [1.807, 2.05) is 30.3 Å². The number of anilines is 1. The standard InChI is InChI=1S/C21H28N2O4S/c1-4-5-6-7-8-9-14-28(24,25)27-21-18(26-3)15-16-10-12-22-17-11-13-23(2)20(21)19(16)17/h10-13,15H,4-9,14H2,1-3H3. The number of unbranched alkanes of at least 4 members (excludes halogenated alkanes) is 5. The fraction of sp³-hybridized carbons (Fsp3) is 0.476. The van der Waals surface area contributed by atoms with Crippen molar-refractivity contribution in [3.05, 3.63) is 30.2 Å². The largest absolute Gasteiger partial charge is 0.493 e. The molecule has 0 N–H and O–H groups in total. The predicted molar refractivity (Wildman–Crippen MR) is 114 cm³/mol. The first-order valence-electron chi connectivity index (χ1n) is 9.79. The summed E-state index contributed by atoms with van der Waals surface area (Å²) in [7, 11) is -0.354. The van der Waals surface area contributed by atoms with E-state index in [0.29, 0.717) is 17.9 Å². The first-order valence-corrected chi connectivity index (χ1v) is 11.4. The van der Waals surface area contributed by atoms with E-state index < -0.39 is 10.1 Å². The van der Waals surface area contributed by atoms with Gasteiger partial charge in [-0.05, 0) is 30.0 Å². The maximum absolute atomic E-state index is 12.6. The van der Waals surface area contributed by atoms with Crippen LogP contribution in [0.4, 0.5) is 5.69 Å². The van der Waals surface area contributed by atoms with Crippen LogP contribution in [0.3, 0.4) is 0 Å². The van der Waals surface area contributed by atoms with Crippen molar-refractivity contribution in [2.75, 3.05) is 24.8 Å². The summed E-state index contributed by atoms with van der Waals surface area (Å²) in [6, 6.07) is 3.68. The van der Waals surface area contributed by atoms with Crippen molar-refractivity contribution < 1.29 is 17.3 Å². The summed E-state index contributed by atoms with van der Waals surface area (Å²) in [6.07, 6.45) is 11.5. The number of rotatable bonds is 10. The van der Waals surface area contributed by atoms with Crippen LogP contribution in [0.5, 0.6) is 11.5 Å². The number of hydrogen-bond acceptors (Lipinski definition) is 6. The second-order valence-corrected chi connectivity index (χ2v) is 8.78. The van der Waals surface area contributed by atoms with Crippen molar-refractivity contribution >= 4 is 32.7 Å². The minimum Gasteiger partial charge on any atom is -0.493 e. The molecule has 0 aliphatic carbocycles. The van der Waals surface area contributed by atoms with E-state index in [4.69, 9.17) is 8.92 Å². The van der Waals surface area contributed by atoms with Crippen molar-refractivity contribution in [3.8, 4) is 11.5 Å². The van der Waals surface area contributed by atoms with Crippen molar-refractivity contribution in [3.63, 3.8) is 0 Å². The average Bonchev–Trinajstić information content (AvgIpc) is 2.67. The Balaban J connectivity index is 1.87. The van der Waals surface area contributed by atoms with Gasteiger partial charge in [0, 0.05) is 24.8 Å². The molecule has 2 aromatic rings. The Hall–Kier alpha value is -2.28. The molecule has 1 aliphatic heterocycles. The van der Waals surface area contributed by atoms with Gasteiger partial charge in [0.2, 0.25) is 5.75 Å². The second-order valence-electron chi connectivity index (χ2n) is 7.09. The molecular weight excluding hydrogens is 376 g/mol. The van der Waals surface area contributed by atoms with Crippen LogP contribution < -0.4 is 13.8 Å². The van der Waals surface area contributed by atoms with Crippen molar-refractivity contribution in [2.24, 2.45) is 0 Å². The Morgan fingerprint density at radius 1 is 1.14 bits per heavy atom. The van der Waals surface area contributed by atoms with Gasteiger partial charge in [-0.15, -0.1) is 0 Å². The molecule has 6 nitrogen and oxygen atoms in total. The molecule has 1 aliphatic rings. The van der Waals surface area contributed by atoms with Crippen molar-refractivity contribution in [1.29, 1.82) is 0 Å². The van der Waals surface area contributed by atoms with Crippen LogP contribution in [0.25, 0.3) is 16.8 Å². The van der Waals surface area contributed by atoms with Gasteiger partial charge in [0.25, 0.3) is 0 Å². The number of hydrogen-bond donors (Lipinski definition) is 0. The van der Waals surface area contributed by atoms with Gasteiger partial charge >= 0.3 is 10.1 Å². The number of nitrogens with zero attached hydrogens (tertiary/aromatic N) is 2.